The zero-order valence-electron chi connectivity index (χ0n) is 14.2. The minimum absolute atomic E-state index is 0. The molecule has 1 unspecified atom stereocenters. The molecule has 0 amide bonds. The first-order valence-electron chi connectivity index (χ1n) is 8.63. The lowest BCUT2D eigenvalue weighted by Gasteiger charge is -2.32. The summed E-state index contributed by atoms with van der Waals surface area (Å²) in [5.41, 5.74) is 0. The van der Waals surface area contributed by atoms with E-state index in [4.69, 9.17) is 0 Å². The molecule has 124 valence electrons. The molecule has 0 saturated heterocycles. The molecule has 0 saturated carbocycles. The van der Waals surface area contributed by atoms with Gasteiger partial charge in [0.15, 0.2) is 6.73 Å². The predicted molar refractivity (Wildman–Crippen MR) is 85.1 cm³/mol. The molecule has 0 aromatic carbocycles. The molecule has 0 aliphatic rings. The number of quaternary nitrogens is 1. The average Bonchev–Trinajstić information content (AvgIpc) is 2.42. The van der Waals surface area contributed by atoms with Gasteiger partial charge in [0.1, 0.15) is 0 Å². The molecular formula is C17H38INO. The molecule has 0 aromatic rings. The molecule has 0 heterocycles. The van der Waals surface area contributed by atoms with Crippen LogP contribution in [0.4, 0.5) is 0 Å². The van der Waals surface area contributed by atoms with E-state index in [-0.39, 0.29) is 24.0 Å². The summed E-state index contributed by atoms with van der Waals surface area (Å²) in [6.07, 6.45) is 14.7. The first-order chi connectivity index (χ1) is 9.18. The van der Waals surface area contributed by atoms with E-state index in [9.17, 15) is 5.11 Å². The Hall–Kier alpha value is 0.650. The van der Waals surface area contributed by atoms with Crippen LogP contribution in [0.15, 0.2) is 0 Å². The van der Waals surface area contributed by atoms with Gasteiger partial charge in [-0.15, -0.1) is 0 Å². The van der Waals surface area contributed by atoms with Gasteiger partial charge < -0.3 is 33.6 Å². The van der Waals surface area contributed by atoms with Crippen LogP contribution in [-0.4, -0.2) is 36.5 Å². The van der Waals surface area contributed by atoms with Crippen molar-refractivity contribution in [2.75, 3.05) is 26.9 Å². The van der Waals surface area contributed by atoms with Crippen molar-refractivity contribution < 1.29 is 33.6 Å². The highest BCUT2D eigenvalue weighted by Crippen LogP contribution is 2.12. The van der Waals surface area contributed by atoms with Crippen LogP contribution < -0.4 is 24.0 Å². The monoisotopic (exact) mass is 399 g/mol. The fraction of sp³-hybridized carbons (Fsp3) is 1.00. The molecule has 0 aromatic heterocycles. The molecule has 0 aliphatic carbocycles. The Morgan fingerprint density at radius 1 is 0.650 bits per heavy atom. The minimum atomic E-state index is 0. The normalized spacial score (nSPS) is 13.8. The van der Waals surface area contributed by atoms with Gasteiger partial charge in [-0.3, -0.25) is 0 Å². The van der Waals surface area contributed by atoms with Gasteiger partial charge in [-0.25, -0.2) is 0 Å². The summed E-state index contributed by atoms with van der Waals surface area (Å²) in [4.78, 5) is 0. The average molecular weight is 399 g/mol. The molecule has 0 aliphatic heterocycles. The van der Waals surface area contributed by atoms with E-state index in [2.05, 4.69) is 20.9 Å². The van der Waals surface area contributed by atoms with E-state index in [0.29, 0.717) is 6.73 Å². The third kappa shape index (κ3) is 13.6. The van der Waals surface area contributed by atoms with E-state index in [1.54, 1.807) is 0 Å². The maximum Gasteiger partial charge on any atom is 0.180 e. The van der Waals surface area contributed by atoms with Gasteiger partial charge in [-0.2, -0.15) is 0 Å². The topological polar surface area (TPSA) is 20.2 Å². The zero-order chi connectivity index (χ0) is 14.4. The van der Waals surface area contributed by atoms with Crippen molar-refractivity contribution in [3.05, 3.63) is 0 Å². The van der Waals surface area contributed by atoms with Crippen molar-refractivity contribution >= 4 is 0 Å². The first-order valence-corrected chi connectivity index (χ1v) is 8.63. The van der Waals surface area contributed by atoms with Crippen LogP contribution in [0.1, 0.15) is 84.5 Å². The second-order valence-corrected chi connectivity index (χ2v) is 6.39. The van der Waals surface area contributed by atoms with Gasteiger partial charge in [0.2, 0.25) is 0 Å². The van der Waals surface area contributed by atoms with Crippen LogP contribution in [-0.2, 0) is 0 Å². The Kier molecular flexibility index (Phi) is 18.4. The molecule has 0 rings (SSSR count). The number of nitrogens with zero attached hydrogens (tertiary/aromatic N) is 1. The summed E-state index contributed by atoms with van der Waals surface area (Å²) in [6, 6.07) is 0. The summed E-state index contributed by atoms with van der Waals surface area (Å²) >= 11 is 0. The smallest absolute Gasteiger partial charge is 0.180 e. The molecule has 0 bridgehead atoms. The van der Waals surface area contributed by atoms with Gasteiger partial charge in [-0.1, -0.05) is 58.8 Å². The van der Waals surface area contributed by atoms with E-state index in [1.165, 1.54) is 70.6 Å². The zero-order valence-corrected chi connectivity index (χ0v) is 16.3. The summed E-state index contributed by atoms with van der Waals surface area (Å²) in [5.74, 6) is 0. The number of halogens is 1. The quantitative estimate of drug-likeness (QED) is 0.204. The number of aliphatic hydroxyl groups excluding tert-OH is 1. The molecule has 0 radical (unpaired) electrons. The van der Waals surface area contributed by atoms with Crippen LogP contribution in [0.3, 0.4) is 0 Å². The highest BCUT2D eigenvalue weighted by molar-refractivity contribution is 4.46. The summed E-state index contributed by atoms with van der Waals surface area (Å²) in [6.45, 7) is 7.12. The molecule has 1 N–H and O–H groups in total. The standard InChI is InChI=1S/C17H38NO.HI/c1-4-6-8-10-12-14-16-18(3,17-19)15-13-11-9-7-5-2;/h19H,4-17H2,1-3H3;1H/q+1;/p-1. The van der Waals surface area contributed by atoms with Crippen LogP contribution in [0, 0.1) is 0 Å². The molecular weight excluding hydrogens is 361 g/mol. The predicted octanol–water partition coefficient (Wildman–Crippen LogP) is 1.72. The van der Waals surface area contributed by atoms with Gasteiger partial charge in [0.05, 0.1) is 20.1 Å². The number of hydrogen-bond acceptors (Lipinski definition) is 1. The maximum atomic E-state index is 9.60. The van der Waals surface area contributed by atoms with Crippen molar-refractivity contribution in [3.8, 4) is 0 Å². The summed E-state index contributed by atoms with van der Waals surface area (Å²) < 4.78 is 0.861. The van der Waals surface area contributed by atoms with E-state index in [0.717, 1.165) is 17.6 Å². The maximum absolute atomic E-state index is 9.60. The van der Waals surface area contributed by atoms with Crippen LogP contribution >= 0.6 is 0 Å². The summed E-state index contributed by atoms with van der Waals surface area (Å²) in [7, 11) is 2.21. The molecule has 0 spiro atoms. The highest BCUT2D eigenvalue weighted by Gasteiger charge is 2.18. The Balaban J connectivity index is 0. The Bertz CT molecular complexity index is 190. The van der Waals surface area contributed by atoms with Crippen LogP contribution in [0.5, 0.6) is 0 Å². The number of hydrogen-bond donors (Lipinski definition) is 1. The fourth-order valence-corrected chi connectivity index (χ4v) is 2.62. The SMILES string of the molecule is CCCCCCCC[N+](C)(CO)CCCCCCC.[I-]. The third-order valence-electron chi connectivity index (χ3n) is 4.19. The molecule has 20 heavy (non-hydrogen) atoms. The van der Waals surface area contributed by atoms with Gasteiger partial charge in [-0.05, 0) is 25.7 Å². The van der Waals surface area contributed by atoms with Crippen LogP contribution in [0.25, 0.3) is 0 Å². The lowest BCUT2D eigenvalue weighted by atomic mass is 10.1. The largest absolute Gasteiger partial charge is 1.00 e. The highest BCUT2D eigenvalue weighted by atomic mass is 127. The lowest BCUT2D eigenvalue weighted by molar-refractivity contribution is -0.927. The molecule has 3 heteroatoms. The third-order valence-corrected chi connectivity index (χ3v) is 4.19. The van der Waals surface area contributed by atoms with Crippen LogP contribution in [0.2, 0.25) is 0 Å². The van der Waals surface area contributed by atoms with Crippen molar-refractivity contribution in [1.29, 1.82) is 0 Å². The first kappa shape index (κ1) is 22.9. The van der Waals surface area contributed by atoms with Crippen molar-refractivity contribution in [2.24, 2.45) is 0 Å². The second-order valence-electron chi connectivity index (χ2n) is 6.39. The van der Waals surface area contributed by atoms with Gasteiger partial charge >= 0.3 is 0 Å². The van der Waals surface area contributed by atoms with Crippen molar-refractivity contribution in [2.45, 2.75) is 84.5 Å². The Morgan fingerprint density at radius 2 is 1.00 bits per heavy atom. The van der Waals surface area contributed by atoms with Gasteiger partial charge in [0.25, 0.3) is 0 Å². The van der Waals surface area contributed by atoms with Gasteiger partial charge in [0, 0.05) is 0 Å². The fourth-order valence-electron chi connectivity index (χ4n) is 2.62. The lowest BCUT2D eigenvalue weighted by Crippen LogP contribution is -3.00. The molecule has 2 nitrogen and oxygen atoms in total. The Morgan fingerprint density at radius 3 is 1.35 bits per heavy atom. The van der Waals surface area contributed by atoms with E-state index in [1.807, 2.05) is 0 Å². The second kappa shape index (κ2) is 16.0. The minimum Gasteiger partial charge on any atom is -1.00 e. The Labute approximate surface area is 144 Å². The van der Waals surface area contributed by atoms with Crippen molar-refractivity contribution in [3.63, 3.8) is 0 Å². The molecule has 0 fully saturated rings. The van der Waals surface area contributed by atoms with Crippen molar-refractivity contribution in [1.82, 2.24) is 0 Å². The number of unbranched alkanes of at least 4 members (excludes halogenated alkanes) is 9. The number of aliphatic hydroxyl groups is 1. The van der Waals surface area contributed by atoms with E-state index < -0.39 is 0 Å². The molecule has 1 atom stereocenters. The summed E-state index contributed by atoms with van der Waals surface area (Å²) in [5, 5.41) is 9.60. The number of rotatable bonds is 14. The van der Waals surface area contributed by atoms with E-state index >= 15 is 0 Å².